The molecule has 76 valence electrons. The molecule has 0 bridgehead atoms. The summed E-state index contributed by atoms with van der Waals surface area (Å²) in [5.41, 5.74) is 0.0402. The molecule has 1 N–H and O–H groups in total. The number of aliphatic hydroxyl groups excluding tert-OH is 1. The van der Waals surface area contributed by atoms with E-state index in [1.165, 1.54) is 12.1 Å². The van der Waals surface area contributed by atoms with Gasteiger partial charge in [0.25, 0.3) is 5.78 Å². The van der Waals surface area contributed by atoms with Crippen LogP contribution in [0.3, 0.4) is 0 Å². The third-order valence-electron chi connectivity index (χ3n) is 1.66. The van der Waals surface area contributed by atoms with E-state index in [0.717, 1.165) is 12.1 Å². The van der Waals surface area contributed by atoms with E-state index >= 15 is 0 Å². The predicted molar refractivity (Wildman–Crippen MR) is 42.8 cm³/mol. The predicted octanol–water partition coefficient (Wildman–Crippen LogP) is 1.92. The molecule has 2 nitrogen and oxygen atoms in total. The number of alkyl halides is 3. The van der Waals surface area contributed by atoms with Crippen LogP contribution in [0.1, 0.15) is 15.9 Å². The fourth-order valence-corrected chi connectivity index (χ4v) is 0.925. The third-order valence-corrected chi connectivity index (χ3v) is 1.66. The Kier molecular flexibility index (Phi) is 2.90. The Morgan fingerprint density at radius 3 is 2.07 bits per heavy atom. The molecule has 0 saturated heterocycles. The van der Waals surface area contributed by atoms with E-state index in [2.05, 4.69) is 0 Å². The van der Waals surface area contributed by atoms with E-state index < -0.39 is 17.5 Å². The second-order valence-corrected chi connectivity index (χ2v) is 2.68. The van der Waals surface area contributed by atoms with E-state index in [1.807, 2.05) is 0 Å². The quantitative estimate of drug-likeness (QED) is 0.747. The second-order valence-electron chi connectivity index (χ2n) is 2.68. The van der Waals surface area contributed by atoms with Gasteiger partial charge >= 0.3 is 6.18 Å². The van der Waals surface area contributed by atoms with Crippen molar-refractivity contribution in [3.8, 4) is 0 Å². The Hall–Kier alpha value is -1.36. The Balaban J connectivity index is 2.93. The highest BCUT2D eigenvalue weighted by Gasteiger charge is 2.38. The summed E-state index contributed by atoms with van der Waals surface area (Å²) in [6.45, 7) is -0.263. The van der Waals surface area contributed by atoms with Gasteiger partial charge in [0.2, 0.25) is 0 Å². The van der Waals surface area contributed by atoms with Crippen molar-refractivity contribution in [3.63, 3.8) is 0 Å². The lowest BCUT2D eigenvalue weighted by atomic mass is 10.1. The SMILES string of the molecule is O=C(c1ccc(CO)cc1)C(F)(F)F. The lowest BCUT2D eigenvalue weighted by molar-refractivity contribution is -0.0885. The van der Waals surface area contributed by atoms with Crippen LogP contribution in [0.2, 0.25) is 0 Å². The van der Waals surface area contributed by atoms with Gasteiger partial charge < -0.3 is 5.11 Å². The summed E-state index contributed by atoms with van der Waals surface area (Å²) in [5, 5.41) is 8.62. The van der Waals surface area contributed by atoms with Gasteiger partial charge in [0.1, 0.15) is 0 Å². The molecule has 0 aromatic heterocycles. The van der Waals surface area contributed by atoms with Crippen molar-refractivity contribution in [1.82, 2.24) is 0 Å². The molecule has 0 unspecified atom stereocenters. The first-order chi connectivity index (χ1) is 6.45. The van der Waals surface area contributed by atoms with Gasteiger partial charge in [-0.3, -0.25) is 4.79 Å². The molecule has 1 aromatic rings. The Morgan fingerprint density at radius 1 is 1.21 bits per heavy atom. The van der Waals surface area contributed by atoms with Gasteiger partial charge in [-0.15, -0.1) is 0 Å². The first-order valence-electron chi connectivity index (χ1n) is 3.76. The van der Waals surface area contributed by atoms with E-state index in [1.54, 1.807) is 0 Å². The second kappa shape index (κ2) is 3.79. The van der Waals surface area contributed by atoms with E-state index in [9.17, 15) is 18.0 Å². The maximum atomic E-state index is 11.9. The van der Waals surface area contributed by atoms with E-state index in [-0.39, 0.29) is 6.61 Å². The molecule has 0 amide bonds. The van der Waals surface area contributed by atoms with Crippen LogP contribution in [0.15, 0.2) is 24.3 Å². The van der Waals surface area contributed by atoms with Crippen molar-refractivity contribution < 1.29 is 23.1 Å². The maximum absolute atomic E-state index is 11.9. The highest BCUT2D eigenvalue weighted by Crippen LogP contribution is 2.21. The molecule has 0 aliphatic carbocycles. The zero-order valence-electron chi connectivity index (χ0n) is 7.01. The summed E-state index contributed by atoms with van der Waals surface area (Å²) in [4.78, 5) is 10.7. The van der Waals surface area contributed by atoms with E-state index in [0.29, 0.717) is 5.56 Å². The minimum absolute atomic E-state index is 0.263. The molecule has 0 aliphatic rings. The average Bonchev–Trinajstić information content (AvgIpc) is 2.15. The number of ketones is 1. The van der Waals surface area contributed by atoms with Crippen LogP contribution in [0.5, 0.6) is 0 Å². The van der Waals surface area contributed by atoms with Crippen molar-refractivity contribution in [3.05, 3.63) is 35.4 Å². The first kappa shape index (κ1) is 10.7. The monoisotopic (exact) mass is 204 g/mol. The van der Waals surface area contributed by atoms with Crippen LogP contribution < -0.4 is 0 Å². The summed E-state index contributed by atoms with van der Waals surface area (Å²) >= 11 is 0. The van der Waals surface area contributed by atoms with Gasteiger partial charge in [0.15, 0.2) is 0 Å². The number of benzene rings is 1. The molecule has 0 spiro atoms. The highest BCUT2D eigenvalue weighted by atomic mass is 19.4. The minimum atomic E-state index is -4.85. The number of hydrogen-bond donors (Lipinski definition) is 1. The summed E-state index contributed by atoms with van der Waals surface area (Å²) < 4.78 is 35.8. The van der Waals surface area contributed by atoms with E-state index in [4.69, 9.17) is 5.11 Å². The maximum Gasteiger partial charge on any atom is 0.454 e. The summed E-state index contributed by atoms with van der Waals surface area (Å²) in [7, 11) is 0. The highest BCUT2D eigenvalue weighted by molar-refractivity contribution is 6.00. The number of hydrogen-bond acceptors (Lipinski definition) is 2. The van der Waals surface area contributed by atoms with Gasteiger partial charge in [-0.25, -0.2) is 0 Å². The first-order valence-corrected chi connectivity index (χ1v) is 3.76. The average molecular weight is 204 g/mol. The minimum Gasteiger partial charge on any atom is -0.392 e. The standard InChI is InChI=1S/C9H7F3O2/c10-9(11,12)8(14)7-3-1-6(5-13)2-4-7/h1-4,13H,5H2. The van der Waals surface area contributed by atoms with Crippen molar-refractivity contribution in [2.75, 3.05) is 0 Å². The molecule has 0 saturated carbocycles. The molecular formula is C9H7F3O2. The number of Topliss-reactive ketones (excluding diaryl/α,β-unsaturated/α-hetero) is 1. The molecule has 0 radical (unpaired) electrons. The molecule has 0 fully saturated rings. The van der Waals surface area contributed by atoms with Crippen LogP contribution in [-0.4, -0.2) is 17.1 Å². The van der Waals surface area contributed by atoms with Crippen molar-refractivity contribution in [2.24, 2.45) is 0 Å². The lowest BCUT2D eigenvalue weighted by Gasteiger charge is -2.05. The van der Waals surface area contributed by atoms with Gasteiger partial charge in [0.05, 0.1) is 6.61 Å². The Morgan fingerprint density at radius 2 is 1.71 bits per heavy atom. The van der Waals surface area contributed by atoms with Gasteiger partial charge in [-0.05, 0) is 5.56 Å². The molecule has 1 rings (SSSR count). The summed E-state index contributed by atoms with van der Waals surface area (Å²) in [5.74, 6) is -1.87. The lowest BCUT2D eigenvalue weighted by Crippen LogP contribution is -2.22. The van der Waals surface area contributed by atoms with Gasteiger partial charge in [-0.2, -0.15) is 13.2 Å². The zero-order valence-corrected chi connectivity index (χ0v) is 7.01. The van der Waals surface area contributed by atoms with Crippen LogP contribution in [0.25, 0.3) is 0 Å². The summed E-state index contributed by atoms with van der Waals surface area (Å²) in [6.07, 6.45) is -4.85. The third kappa shape index (κ3) is 2.32. The van der Waals surface area contributed by atoms with Gasteiger partial charge in [-0.1, -0.05) is 24.3 Å². The number of rotatable bonds is 2. The summed E-state index contributed by atoms with van der Waals surface area (Å²) in [6, 6.07) is 4.64. The van der Waals surface area contributed by atoms with Gasteiger partial charge in [0, 0.05) is 5.56 Å². The molecule has 0 heterocycles. The van der Waals surface area contributed by atoms with Crippen LogP contribution in [0.4, 0.5) is 13.2 Å². The van der Waals surface area contributed by atoms with Crippen LogP contribution >= 0.6 is 0 Å². The number of carbonyl (C=O) groups is 1. The number of carbonyl (C=O) groups excluding carboxylic acids is 1. The molecule has 5 heteroatoms. The normalized spacial score (nSPS) is 11.4. The van der Waals surface area contributed by atoms with Crippen molar-refractivity contribution in [2.45, 2.75) is 12.8 Å². The zero-order chi connectivity index (χ0) is 10.8. The van der Waals surface area contributed by atoms with Crippen molar-refractivity contribution in [1.29, 1.82) is 0 Å². The number of halogens is 3. The smallest absolute Gasteiger partial charge is 0.392 e. The van der Waals surface area contributed by atoms with Crippen molar-refractivity contribution >= 4 is 5.78 Å². The number of aliphatic hydroxyl groups is 1. The fraction of sp³-hybridized carbons (Fsp3) is 0.222. The van der Waals surface area contributed by atoms with Crippen LogP contribution in [0, 0.1) is 0 Å². The Bertz CT molecular complexity index is 327. The fourth-order valence-electron chi connectivity index (χ4n) is 0.925. The largest absolute Gasteiger partial charge is 0.454 e. The molecule has 0 aliphatic heterocycles. The molecule has 0 atom stereocenters. The Labute approximate surface area is 78.0 Å². The molecular weight excluding hydrogens is 197 g/mol. The topological polar surface area (TPSA) is 37.3 Å². The molecule has 14 heavy (non-hydrogen) atoms. The molecule has 1 aromatic carbocycles. The van der Waals surface area contributed by atoms with Crippen LogP contribution in [-0.2, 0) is 6.61 Å².